The van der Waals surface area contributed by atoms with Crippen LogP contribution in [0.15, 0.2) is 30.3 Å². The maximum absolute atomic E-state index is 10.8. The van der Waals surface area contributed by atoms with Crippen LogP contribution in [-0.2, 0) is 5.60 Å². The zero-order valence-corrected chi connectivity index (χ0v) is 10.9. The molecule has 0 aromatic heterocycles. The smallest absolute Gasteiger partial charge is 0.0909 e. The summed E-state index contributed by atoms with van der Waals surface area (Å²) in [5.74, 6) is 0. The van der Waals surface area contributed by atoms with E-state index >= 15 is 0 Å². The lowest BCUT2D eigenvalue weighted by Crippen LogP contribution is -2.33. The van der Waals surface area contributed by atoms with E-state index in [9.17, 15) is 5.11 Å². The third-order valence-corrected chi connectivity index (χ3v) is 3.89. The minimum atomic E-state index is -0.620. The number of likely N-dealkylation sites (tertiary alicyclic amines) is 1. The van der Waals surface area contributed by atoms with E-state index in [0.29, 0.717) is 6.04 Å². The van der Waals surface area contributed by atoms with Crippen LogP contribution in [0.4, 0.5) is 0 Å². The molecule has 1 unspecified atom stereocenters. The molecule has 1 heterocycles. The van der Waals surface area contributed by atoms with Crippen molar-refractivity contribution in [1.82, 2.24) is 4.90 Å². The lowest BCUT2D eigenvalue weighted by molar-refractivity contribution is 0.0204. The minimum Gasteiger partial charge on any atom is -0.385 e. The molecule has 1 aliphatic heterocycles. The Morgan fingerprint density at radius 2 is 1.82 bits per heavy atom. The van der Waals surface area contributed by atoms with E-state index in [0.717, 1.165) is 37.9 Å². The second-order valence-electron chi connectivity index (χ2n) is 5.38. The van der Waals surface area contributed by atoms with Gasteiger partial charge in [-0.05, 0) is 45.2 Å². The Bertz CT molecular complexity index is 349. The van der Waals surface area contributed by atoms with Crippen molar-refractivity contribution in [3.05, 3.63) is 35.9 Å². The van der Waals surface area contributed by atoms with E-state index in [1.165, 1.54) is 0 Å². The van der Waals surface area contributed by atoms with Gasteiger partial charge >= 0.3 is 0 Å². The van der Waals surface area contributed by atoms with Gasteiger partial charge in [0.05, 0.1) is 5.60 Å². The van der Waals surface area contributed by atoms with Crippen LogP contribution >= 0.6 is 0 Å². The molecule has 0 bridgehead atoms. The summed E-state index contributed by atoms with van der Waals surface area (Å²) in [6, 6.07) is 10.7. The van der Waals surface area contributed by atoms with Crippen LogP contribution in [0.5, 0.6) is 0 Å². The normalized spacial score (nSPS) is 27.1. The standard InChI is InChI=1S/C15H23NO/c1-13(2)16-11-6-9-15(17,10-12-16)14-7-4-3-5-8-14/h3-5,7-8,13,17H,6,9-12H2,1-2H3. The average molecular weight is 233 g/mol. The molecule has 1 aliphatic rings. The summed E-state index contributed by atoms with van der Waals surface area (Å²) in [6.45, 7) is 6.55. The molecule has 1 aromatic rings. The molecule has 1 N–H and O–H groups in total. The third-order valence-electron chi connectivity index (χ3n) is 3.89. The third kappa shape index (κ3) is 2.88. The SMILES string of the molecule is CC(C)N1CCCC(O)(c2ccccc2)CC1. The highest BCUT2D eigenvalue weighted by atomic mass is 16.3. The molecular formula is C15H23NO. The summed E-state index contributed by atoms with van der Waals surface area (Å²) >= 11 is 0. The minimum absolute atomic E-state index is 0.577. The van der Waals surface area contributed by atoms with E-state index in [1.54, 1.807) is 0 Å². The Balaban J connectivity index is 2.12. The number of nitrogens with zero attached hydrogens (tertiary/aromatic N) is 1. The molecule has 0 radical (unpaired) electrons. The van der Waals surface area contributed by atoms with Crippen molar-refractivity contribution in [2.24, 2.45) is 0 Å². The first-order chi connectivity index (χ1) is 8.12. The van der Waals surface area contributed by atoms with Gasteiger partial charge in [0.1, 0.15) is 0 Å². The van der Waals surface area contributed by atoms with Crippen LogP contribution in [0, 0.1) is 0 Å². The van der Waals surface area contributed by atoms with Crippen molar-refractivity contribution in [3.63, 3.8) is 0 Å². The van der Waals surface area contributed by atoms with Gasteiger partial charge in [-0.25, -0.2) is 0 Å². The van der Waals surface area contributed by atoms with Gasteiger partial charge < -0.3 is 10.0 Å². The van der Waals surface area contributed by atoms with Gasteiger partial charge in [-0.3, -0.25) is 0 Å². The van der Waals surface area contributed by atoms with Crippen LogP contribution in [0.1, 0.15) is 38.7 Å². The van der Waals surface area contributed by atoms with Crippen LogP contribution in [0.2, 0.25) is 0 Å². The molecule has 0 spiro atoms. The van der Waals surface area contributed by atoms with Gasteiger partial charge in [-0.1, -0.05) is 30.3 Å². The van der Waals surface area contributed by atoms with Gasteiger partial charge in [0.25, 0.3) is 0 Å². The maximum atomic E-state index is 10.8. The van der Waals surface area contributed by atoms with E-state index in [-0.39, 0.29) is 0 Å². The van der Waals surface area contributed by atoms with Crippen LogP contribution in [0.25, 0.3) is 0 Å². The van der Waals surface area contributed by atoms with Crippen molar-refractivity contribution in [3.8, 4) is 0 Å². The molecule has 0 amide bonds. The van der Waals surface area contributed by atoms with Gasteiger partial charge in [-0.15, -0.1) is 0 Å². The summed E-state index contributed by atoms with van der Waals surface area (Å²) in [7, 11) is 0. The molecule has 1 saturated heterocycles. The lowest BCUT2D eigenvalue weighted by atomic mass is 9.87. The summed E-state index contributed by atoms with van der Waals surface area (Å²) < 4.78 is 0. The monoisotopic (exact) mass is 233 g/mol. The number of aliphatic hydroxyl groups is 1. The van der Waals surface area contributed by atoms with Gasteiger partial charge in [0.15, 0.2) is 0 Å². The summed E-state index contributed by atoms with van der Waals surface area (Å²) in [5.41, 5.74) is 0.454. The second kappa shape index (κ2) is 5.19. The molecule has 0 aliphatic carbocycles. The van der Waals surface area contributed by atoms with Crippen LogP contribution < -0.4 is 0 Å². The Morgan fingerprint density at radius 1 is 1.12 bits per heavy atom. The lowest BCUT2D eigenvalue weighted by Gasteiger charge is -2.28. The zero-order chi connectivity index (χ0) is 12.3. The van der Waals surface area contributed by atoms with Crippen LogP contribution in [0.3, 0.4) is 0 Å². The zero-order valence-electron chi connectivity index (χ0n) is 10.9. The fourth-order valence-corrected chi connectivity index (χ4v) is 2.69. The molecule has 2 nitrogen and oxygen atoms in total. The van der Waals surface area contributed by atoms with Crippen LogP contribution in [-0.4, -0.2) is 29.1 Å². The molecule has 2 rings (SSSR count). The number of hydrogen-bond donors (Lipinski definition) is 1. The first kappa shape index (κ1) is 12.6. The average Bonchev–Trinajstić information content (AvgIpc) is 2.54. The molecule has 17 heavy (non-hydrogen) atoms. The van der Waals surface area contributed by atoms with Crippen molar-refractivity contribution in [2.45, 2.75) is 44.8 Å². The molecule has 2 heteroatoms. The van der Waals surface area contributed by atoms with E-state index in [4.69, 9.17) is 0 Å². The molecule has 0 saturated carbocycles. The Kier molecular flexibility index (Phi) is 3.85. The predicted octanol–water partition coefficient (Wildman–Crippen LogP) is 2.77. The van der Waals surface area contributed by atoms with E-state index in [1.807, 2.05) is 30.3 Å². The Morgan fingerprint density at radius 3 is 2.47 bits per heavy atom. The van der Waals surface area contributed by atoms with E-state index in [2.05, 4.69) is 18.7 Å². The first-order valence-corrected chi connectivity index (χ1v) is 6.64. The van der Waals surface area contributed by atoms with Gasteiger partial charge in [-0.2, -0.15) is 0 Å². The quantitative estimate of drug-likeness (QED) is 0.849. The Labute approximate surface area is 104 Å². The number of rotatable bonds is 2. The molecule has 1 atom stereocenters. The fraction of sp³-hybridized carbons (Fsp3) is 0.600. The van der Waals surface area contributed by atoms with Crippen molar-refractivity contribution >= 4 is 0 Å². The molecule has 1 aromatic carbocycles. The summed E-state index contributed by atoms with van der Waals surface area (Å²) in [6.07, 6.45) is 2.79. The fourth-order valence-electron chi connectivity index (χ4n) is 2.69. The number of benzene rings is 1. The highest BCUT2D eigenvalue weighted by molar-refractivity contribution is 5.22. The van der Waals surface area contributed by atoms with Gasteiger partial charge in [0, 0.05) is 12.6 Å². The Hall–Kier alpha value is -0.860. The van der Waals surface area contributed by atoms with Crippen molar-refractivity contribution in [1.29, 1.82) is 0 Å². The first-order valence-electron chi connectivity index (χ1n) is 6.64. The van der Waals surface area contributed by atoms with Gasteiger partial charge in [0.2, 0.25) is 0 Å². The summed E-state index contributed by atoms with van der Waals surface area (Å²) in [4.78, 5) is 2.46. The maximum Gasteiger partial charge on any atom is 0.0909 e. The molecule has 1 fully saturated rings. The van der Waals surface area contributed by atoms with E-state index < -0.39 is 5.60 Å². The number of hydrogen-bond acceptors (Lipinski definition) is 2. The molecule has 94 valence electrons. The second-order valence-corrected chi connectivity index (χ2v) is 5.38. The molecular weight excluding hydrogens is 210 g/mol. The van der Waals surface area contributed by atoms with Crippen molar-refractivity contribution in [2.75, 3.05) is 13.1 Å². The largest absolute Gasteiger partial charge is 0.385 e. The highest BCUT2D eigenvalue weighted by Crippen LogP contribution is 2.32. The van der Waals surface area contributed by atoms with Crippen molar-refractivity contribution < 1.29 is 5.11 Å². The topological polar surface area (TPSA) is 23.5 Å². The highest BCUT2D eigenvalue weighted by Gasteiger charge is 2.32. The summed E-state index contributed by atoms with van der Waals surface area (Å²) in [5, 5.41) is 10.8. The predicted molar refractivity (Wildman–Crippen MR) is 70.9 cm³/mol.